The number of nitrogens with two attached hydrogens (primary N) is 1. The summed E-state index contributed by atoms with van der Waals surface area (Å²) in [5.41, 5.74) is 6.65. The average molecular weight is 432 g/mol. The number of thioether (sulfide) groups is 1. The van der Waals surface area contributed by atoms with Crippen LogP contribution in [0.4, 0.5) is 10.2 Å². The van der Waals surface area contributed by atoms with Crippen LogP contribution in [0.2, 0.25) is 0 Å². The molecule has 3 aromatic rings. The second kappa shape index (κ2) is 6.30. The maximum absolute atomic E-state index is 14.3. The van der Waals surface area contributed by atoms with Gasteiger partial charge in [-0.3, -0.25) is 0 Å². The first-order valence-electron chi connectivity index (χ1n) is 6.53. The Morgan fingerprint density at radius 1 is 1.33 bits per heavy atom. The van der Waals surface area contributed by atoms with Crippen LogP contribution in [0.3, 0.4) is 0 Å². The predicted octanol–water partition coefficient (Wildman–Crippen LogP) is 2.53. The van der Waals surface area contributed by atoms with Crippen molar-refractivity contribution in [1.29, 1.82) is 0 Å². The number of nitrogens with zero attached hydrogens (tertiary/aromatic N) is 3. The van der Waals surface area contributed by atoms with Crippen molar-refractivity contribution in [2.24, 2.45) is 0 Å². The lowest BCUT2D eigenvalue weighted by Gasteiger charge is -2.10. The van der Waals surface area contributed by atoms with Crippen LogP contribution in [0.25, 0.3) is 11.2 Å². The number of nitrogens with one attached hydrogen (secondary N) is 1. The van der Waals surface area contributed by atoms with Crippen LogP contribution < -0.4 is 5.73 Å². The van der Waals surface area contributed by atoms with Crippen molar-refractivity contribution >= 4 is 54.5 Å². The molecule has 0 amide bonds. The summed E-state index contributed by atoms with van der Waals surface area (Å²) in [6.45, 7) is 0. The van der Waals surface area contributed by atoms with Gasteiger partial charge in [0.1, 0.15) is 17.2 Å². The van der Waals surface area contributed by atoms with E-state index in [0.29, 0.717) is 20.5 Å². The Bertz CT molecular complexity index is 1040. The van der Waals surface area contributed by atoms with E-state index in [4.69, 9.17) is 5.73 Å². The number of H-pyrrole nitrogens is 1. The monoisotopic (exact) mass is 431 g/mol. The van der Waals surface area contributed by atoms with Gasteiger partial charge in [-0.1, -0.05) is 15.9 Å². The molecule has 11 heteroatoms. The third-order valence-electron chi connectivity index (χ3n) is 3.17. The van der Waals surface area contributed by atoms with Gasteiger partial charge in [0.2, 0.25) is 5.65 Å². The Balaban J connectivity index is 2.02. The van der Waals surface area contributed by atoms with E-state index in [1.54, 1.807) is 6.07 Å². The standard InChI is InChI=1S/C13H11BrFN5O2S2/c1-24(21,22)10-3-6(14)2-8(15)7(10)5-23-9-4-11(16)17-13-12(9)18-20-19-13/h2-4H,5H2,1H3,(H3,16,17,18,19,20). The highest BCUT2D eigenvalue weighted by atomic mass is 79.9. The topological polar surface area (TPSA) is 115 Å². The maximum atomic E-state index is 14.3. The Kier molecular flexibility index (Phi) is 4.49. The average Bonchev–Trinajstić information content (AvgIpc) is 2.92. The Morgan fingerprint density at radius 2 is 2.08 bits per heavy atom. The number of rotatable bonds is 4. The number of pyridine rings is 1. The van der Waals surface area contributed by atoms with Crippen molar-refractivity contribution in [3.8, 4) is 0 Å². The number of nitrogen functional groups attached to an aromatic ring is 1. The summed E-state index contributed by atoms with van der Waals surface area (Å²) in [6.07, 6.45) is 1.04. The molecule has 0 spiro atoms. The Morgan fingerprint density at radius 3 is 2.79 bits per heavy atom. The van der Waals surface area contributed by atoms with E-state index >= 15 is 0 Å². The normalized spacial score (nSPS) is 12.0. The van der Waals surface area contributed by atoms with Gasteiger partial charge in [-0.05, 0) is 18.2 Å². The van der Waals surface area contributed by atoms with E-state index in [1.165, 1.54) is 23.9 Å². The highest BCUT2D eigenvalue weighted by Gasteiger charge is 2.19. The third-order valence-corrected chi connectivity index (χ3v) is 5.84. The lowest BCUT2D eigenvalue weighted by atomic mass is 10.2. The van der Waals surface area contributed by atoms with Crippen molar-refractivity contribution < 1.29 is 12.8 Å². The molecule has 0 atom stereocenters. The fraction of sp³-hybridized carbons (Fsp3) is 0.154. The second-order valence-electron chi connectivity index (χ2n) is 4.97. The molecule has 2 aromatic heterocycles. The second-order valence-corrected chi connectivity index (χ2v) is 8.88. The molecule has 1 aromatic carbocycles. The molecule has 0 bridgehead atoms. The first-order chi connectivity index (χ1) is 11.3. The van der Waals surface area contributed by atoms with Gasteiger partial charge >= 0.3 is 0 Å². The molecule has 0 aliphatic heterocycles. The minimum absolute atomic E-state index is 0.0553. The van der Waals surface area contributed by atoms with Crippen LogP contribution in [0.1, 0.15) is 5.56 Å². The lowest BCUT2D eigenvalue weighted by molar-refractivity contribution is 0.590. The molecule has 126 valence electrons. The van der Waals surface area contributed by atoms with Crippen LogP contribution in [0.15, 0.2) is 32.5 Å². The fourth-order valence-electron chi connectivity index (χ4n) is 2.14. The molecule has 2 heterocycles. The fourth-order valence-corrected chi connectivity index (χ4v) is 4.84. The summed E-state index contributed by atoms with van der Waals surface area (Å²) in [5, 5.41) is 10.3. The third kappa shape index (κ3) is 3.37. The first-order valence-corrected chi connectivity index (χ1v) is 10.2. The number of aromatic amines is 1. The van der Waals surface area contributed by atoms with Gasteiger partial charge in [0.25, 0.3) is 0 Å². The quantitative estimate of drug-likeness (QED) is 0.609. The summed E-state index contributed by atoms with van der Waals surface area (Å²) in [6, 6.07) is 4.21. The van der Waals surface area contributed by atoms with E-state index in [1.807, 2.05) is 0 Å². The minimum atomic E-state index is -3.58. The molecule has 7 nitrogen and oxygen atoms in total. The van der Waals surface area contributed by atoms with E-state index in [-0.39, 0.29) is 22.0 Å². The predicted molar refractivity (Wildman–Crippen MR) is 92.9 cm³/mol. The van der Waals surface area contributed by atoms with E-state index < -0.39 is 15.7 Å². The van der Waals surface area contributed by atoms with Gasteiger partial charge < -0.3 is 5.73 Å². The number of fused-ring (bicyclic) bond motifs is 1. The SMILES string of the molecule is CS(=O)(=O)c1cc(Br)cc(F)c1CSc1cc(N)nc2n[nH]nc12. The van der Waals surface area contributed by atoms with Gasteiger partial charge in [-0.25, -0.2) is 17.8 Å². The van der Waals surface area contributed by atoms with Gasteiger partial charge in [0.05, 0.1) is 4.90 Å². The largest absolute Gasteiger partial charge is 0.384 e. The number of anilines is 1. The summed E-state index contributed by atoms with van der Waals surface area (Å²) in [4.78, 5) is 4.60. The zero-order chi connectivity index (χ0) is 17.5. The highest BCUT2D eigenvalue weighted by Crippen LogP contribution is 2.33. The molecule has 0 aliphatic carbocycles. The molecule has 24 heavy (non-hydrogen) atoms. The minimum Gasteiger partial charge on any atom is -0.384 e. The number of sulfone groups is 1. The Labute approximate surface area is 149 Å². The Hall–Kier alpha value is -1.72. The van der Waals surface area contributed by atoms with Crippen LogP contribution in [-0.4, -0.2) is 35.1 Å². The van der Waals surface area contributed by atoms with Crippen LogP contribution in [0.5, 0.6) is 0 Å². The molecular formula is C13H11BrFN5O2S2. The number of aromatic nitrogens is 4. The van der Waals surface area contributed by atoms with Crippen molar-refractivity contribution in [3.63, 3.8) is 0 Å². The van der Waals surface area contributed by atoms with Gasteiger partial charge in [-0.2, -0.15) is 10.3 Å². The van der Waals surface area contributed by atoms with Crippen molar-refractivity contribution in [2.75, 3.05) is 12.0 Å². The number of benzene rings is 1. The molecule has 3 rings (SSSR count). The van der Waals surface area contributed by atoms with E-state index in [2.05, 4.69) is 36.3 Å². The summed E-state index contributed by atoms with van der Waals surface area (Å²) < 4.78 is 38.5. The number of hydrogen-bond donors (Lipinski definition) is 2. The zero-order valence-electron chi connectivity index (χ0n) is 12.2. The van der Waals surface area contributed by atoms with Gasteiger partial charge in [0.15, 0.2) is 9.84 Å². The maximum Gasteiger partial charge on any atom is 0.204 e. The van der Waals surface area contributed by atoms with Crippen LogP contribution in [-0.2, 0) is 15.6 Å². The van der Waals surface area contributed by atoms with Crippen molar-refractivity contribution in [3.05, 3.63) is 34.1 Å². The van der Waals surface area contributed by atoms with E-state index in [9.17, 15) is 12.8 Å². The highest BCUT2D eigenvalue weighted by molar-refractivity contribution is 9.10. The zero-order valence-corrected chi connectivity index (χ0v) is 15.5. The van der Waals surface area contributed by atoms with Gasteiger partial charge in [-0.15, -0.1) is 16.9 Å². The van der Waals surface area contributed by atoms with Crippen molar-refractivity contribution in [1.82, 2.24) is 20.4 Å². The summed E-state index contributed by atoms with van der Waals surface area (Å²) in [7, 11) is -3.58. The molecule has 0 aliphatic rings. The number of halogens is 2. The molecule has 3 N–H and O–H groups in total. The summed E-state index contributed by atoms with van der Waals surface area (Å²) >= 11 is 4.32. The van der Waals surface area contributed by atoms with Gasteiger partial charge in [0, 0.05) is 26.9 Å². The summed E-state index contributed by atoms with van der Waals surface area (Å²) in [5.74, 6) is -0.262. The molecule has 0 saturated heterocycles. The van der Waals surface area contributed by atoms with E-state index in [0.717, 1.165) is 6.26 Å². The smallest absolute Gasteiger partial charge is 0.204 e. The van der Waals surface area contributed by atoms with Crippen LogP contribution in [0, 0.1) is 5.82 Å². The lowest BCUT2D eigenvalue weighted by Crippen LogP contribution is -2.04. The van der Waals surface area contributed by atoms with Crippen molar-refractivity contribution in [2.45, 2.75) is 15.5 Å². The first kappa shape index (κ1) is 17.1. The van der Waals surface area contributed by atoms with Crippen LogP contribution >= 0.6 is 27.7 Å². The molecule has 0 fully saturated rings. The molecular weight excluding hydrogens is 421 g/mol. The molecule has 0 saturated carbocycles. The number of hydrogen-bond acceptors (Lipinski definition) is 7. The molecule has 0 radical (unpaired) electrons. The molecule has 0 unspecified atom stereocenters.